The normalized spacial score (nSPS) is 11.3. The summed E-state index contributed by atoms with van der Waals surface area (Å²) in [4.78, 5) is 24.0. The number of hydrogen-bond donors (Lipinski definition) is 0. The van der Waals surface area contributed by atoms with Gasteiger partial charge in [-0.3, -0.25) is 9.59 Å². The fourth-order valence-electron chi connectivity index (χ4n) is 1.89. The second kappa shape index (κ2) is 7.85. The fourth-order valence-corrected chi connectivity index (χ4v) is 1.89. The lowest BCUT2D eigenvalue weighted by molar-refractivity contribution is -0.157. The van der Waals surface area contributed by atoms with Crippen LogP contribution >= 0.6 is 0 Å². The molecule has 0 saturated heterocycles. The van der Waals surface area contributed by atoms with E-state index in [0.717, 1.165) is 6.07 Å². The van der Waals surface area contributed by atoms with E-state index in [4.69, 9.17) is 14.2 Å². The molecular formula is C15H17F3O5. The monoisotopic (exact) mass is 334 g/mol. The van der Waals surface area contributed by atoms with Crippen LogP contribution in [0.2, 0.25) is 0 Å². The van der Waals surface area contributed by atoms with E-state index in [0.29, 0.717) is 6.07 Å². The average molecular weight is 334 g/mol. The molecule has 0 unspecified atom stereocenters. The summed E-state index contributed by atoms with van der Waals surface area (Å²) in [6.45, 7) is 3.00. The minimum Gasteiger partial charge on any atom is -0.497 e. The van der Waals surface area contributed by atoms with Gasteiger partial charge in [-0.15, -0.1) is 0 Å². The Balaban J connectivity index is 3.39. The van der Waals surface area contributed by atoms with Gasteiger partial charge in [0.2, 0.25) is 0 Å². The third kappa shape index (κ3) is 4.87. The van der Waals surface area contributed by atoms with Crippen LogP contribution in [0.1, 0.15) is 30.9 Å². The van der Waals surface area contributed by atoms with Crippen LogP contribution in [-0.4, -0.2) is 32.3 Å². The number of carbonyl (C=O) groups is 2. The van der Waals surface area contributed by atoms with Gasteiger partial charge in [-0.25, -0.2) is 0 Å². The van der Waals surface area contributed by atoms with E-state index >= 15 is 0 Å². The van der Waals surface area contributed by atoms with Crippen molar-refractivity contribution >= 4 is 11.9 Å². The van der Waals surface area contributed by atoms with Crippen molar-refractivity contribution in [1.82, 2.24) is 0 Å². The molecule has 0 aliphatic heterocycles. The summed E-state index contributed by atoms with van der Waals surface area (Å²) in [6, 6.07) is 2.66. The molecule has 0 heterocycles. The van der Waals surface area contributed by atoms with E-state index in [9.17, 15) is 22.8 Å². The van der Waals surface area contributed by atoms with Gasteiger partial charge in [0.25, 0.3) is 0 Å². The molecule has 8 heteroatoms. The first kappa shape index (κ1) is 18.8. The molecule has 0 fully saturated rings. The molecule has 0 aromatic heterocycles. The van der Waals surface area contributed by atoms with Gasteiger partial charge in [-0.1, -0.05) is 0 Å². The number of ether oxygens (including phenoxy) is 3. The first-order chi connectivity index (χ1) is 10.7. The maximum absolute atomic E-state index is 13.0. The lowest BCUT2D eigenvalue weighted by Crippen LogP contribution is -2.26. The molecule has 0 amide bonds. The van der Waals surface area contributed by atoms with E-state index in [1.807, 2.05) is 0 Å². The van der Waals surface area contributed by atoms with Crippen LogP contribution in [0.4, 0.5) is 13.2 Å². The van der Waals surface area contributed by atoms with E-state index in [1.54, 1.807) is 0 Å². The first-order valence-corrected chi connectivity index (χ1v) is 6.84. The van der Waals surface area contributed by atoms with Crippen molar-refractivity contribution in [3.63, 3.8) is 0 Å². The predicted octanol–water partition coefficient (Wildman–Crippen LogP) is 2.92. The highest BCUT2D eigenvalue weighted by atomic mass is 19.4. The third-order valence-electron chi connectivity index (χ3n) is 2.87. The molecule has 1 rings (SSSR count). The topological polar surface area (TPSA) is 61.8 Å². The summed E-state index contributed by atoms with van der Waals surface area (Å²) >= 11 is 0. The van der Waals surface area contributed by atoms with Crippen molar-refractivity contribution in [3.05, 3.63) is 29.3 Å². The molecule has 0 saturated carbocycles. The molecule has 0 spiro atoms. The van der Waals surface area contributed by atoms with Gasteiger partial charge in [0.1, 0.15) is 5.75 Å². The standard InChI is InChI=1S/C15H17F3O5/c1-4-22-13(19)12(14(20)23-5-2)9-6-10(15(16,17)18)8-11(7-9)21-3/h6-8,12H,4-5H2,1-3H3. The number of hydrogen-bond acceptors (Lipinski definition) is 5. The molecule has 0 atom stereocenters. The predicted molar refractivity (Wildman–Crippen MR) is 74.0 cm³/mol. The van der Waals surface area contributed by atoms with E-state index in [1.165, 1.54) is 27.0 Å². The second-order valence-corrected chi connectivity index (χ2v) is 4.43. The lowest BCUT2D eigenvalue weighted by Gasteiger charge is -2.17. The van der Waals surface area contributed by atoms with Crippen LogP contribution in [0.25, 0.3) is 0 Å². The molecule has 0 radical (unpaired) electrons. The SMILES string of the molecule is CCOC(=O)C(C(=O)OCC)c1cc(OC)cc(C(F)(F)F)c1. The number of benzene rings is 1. The number of rotatable bonds is 6. The zero-order valence-corrected chi connectivity index (χ0v) is 12.9. The van der Waals surface area contributed by atoms with Crippen molar-refractivity contribution in [2.24, 2.45) is 0 Å². The largest absolute Gasteiger partial charge is 0.497 e. The third-order valence-corrected chi connectivity index (χ3v) is 2.87. The summed E-state index contributed by atoms with van der Waals surface area (Å²) in [5.74, 6) is -3.70. The quantitative estimate of drug-likeness (QED) is 0.591. The van der Waals surface area contributed by atoms with Gasteiger partial charge in [0.05, 0.1) is 25.9 Å². The highest BCUT2D eigenvalue weighted by molar-refractivity contribution is 6.01. The molecule has 128 valence electrons. The van der Waals surface area contributed by atoms with Crippen LogP contribution in [0, 0.1) is 0 Å². The number of methoxy groups -OCH3 is 1. The van der Waals surface area contributed by atoms with Crippen LogP contribution in [0.5, 0.6) is 5.75 Å². The van der Waals surface area contributed by atoms with Gasteiger partial charge in [0, 0.05) is 0 Å². The molecule has 5 nitrogen and oxygen atoms in total. The zero-order valence-electron chi connectivity index (χ0n) is 12.9. The van der Waals surface area contributed by atoms with Crippen molar-refractivity contribution in [1.29, 1.82) is 0 Å². The summed E-state index contributed by atoms with van der Waals surface area (Å²) in [7, 11) is 1.18. The van der Waals surface area contributed by atoms with E-state index in [2.05, 4.69) is 0 Å². The fraction of sp³-hybridized carbons (Fsp3) is 0.467. The Morgan fingerprint density at radius 2 is 1.57 bits per heavy atom. The maximum Gasteiger partial charge on any atom is 0.416 e. The lowest BCUT2D eigenvalue weighted by atomic mass is 9.96. The van der Waals surface area contributed by atoms with Gasteiger partial charge in [-0.2, -0.15) is 13.2 Å². The number of halogens is 3. The number of alkyl halides is 3. The smallest absolute Gasteiger partial charge is 0.416 e. The highest BCUT2D eigenvalue weighted by Gasteiger charge is 2.36. The molecular weight excluding hydrogens is 317 g/mol. The van der Waals surface area contributed by atoms with Crippen molar-refractivity contribution in [2.45, 2.75) is 25.9 Å². The van der Waals surface area contributed by atoms with Crippen molar-refractivity contribution < 1.29 is 37.0 Å². The highest BCUT2D eigenvalue weighted by Crippen LogP contribution is 2.35. The van der Waals surface area contributed by atoms with Gasteiger partial charge in [-0.05, 0) is 37.6 Å². The summed E-state index contributed by atoms with van der Waals surface area (Å²) in [5, 5.41) is 0. The van der Waals surface area contributed by atoms with Crippen LogP contribution < -0.4 is 4.74 Å². The Labute approximate surface area is 131 Å². The van der Waals surface area contributed by atoms with Crippen molar-refractivity contribution in [3.8, 4) is 5.75 Å². The van der Waals surface area contributed by atoms with Gasteiger partial charge in [0.15, 0.2) is 5.92 Å². The average Bonchev–Trinajstić information content (AvgIpc) is 2.46. The minimum atomic E-state index is -4.66. The number of esters is 2. The van der Waals surface area contributed by atoms with Gasteiger partial charge >= 0.3 is 18.1 Å². The summed E-state index contributed by atoms with van der Waals surface area (Å²) in [5.41, 5.74) is -1.24. The summed E-state index contributed by atoms with van der Waals surface area (Å²) in [6.07, 6.45) is -4.66. The molecule has 0 bridgehead atoms. The Kier molecular flexibility index (Phi) is 6.41. The molecule has 23 heavy (non-hydrogen) atoms. The van der Waals surface area contributed by atoms with E-state index in [-0.39, 0.29) is 24.5 Å². The Bertz CT molecular complexity index is 551. The van der Waals surface area contributed by atoms with Crippen LogP contribution in [0.15, 0.2) is 18.2 Å². The Morgan fingerprint density at radius 3 is 1.96 bits per heavy atom. The maximum atomic E-state index is 13.0. The Hall–Kier alpha value is -2.25. The van der Waals surface area contributed by atoms with E-state index < -0.39 is 29.6 Å². The van der Waals surface area contributed by atoms with Crippen LogP contribution in [0.3, 0.4) is 0 Å². The molecule has 0 N–H and O–H groups in total. The van der Waals surface area contributed by atoms with Crippen molar-refractivity contribution in [2.75, 3.05) is 20.3 Å². The zero-order chi connectivity index (χ0) is 17.6. The Morgan fingerprint density at radius 1 is 1.04 bits per heavy atom. The molecule has 1 aromatic carbocycles. The molecule has 1 aromatic rings. The first-order valence-electron chi connectivity index (χ1n) is 6.84. The summed E-state index contributed by atoms with van der Waals surface area (Å²) < 4.78 is 53.2. The minimum absolute atomic E-state index is 0.0230. The molecule has 0 aliphatic carbocycles. The van der Waals surface area contributed by atoms with Gasteiger partial charge < -0.3 is 14.2 Å². The number of carbonyl (C=O) groups excluding carboxylic acids is 2. The second-order valence-electron chi connectivity index (χ2n) is 4.43. The van der Waals surface area contributed by atoms with Crippen LogP contribution in [-0.2, 0) is 25.2 Å². The molecule has 0 aliphatic rings.